The van der Waals surface area contributed by atoms with Crippen LogP contribution >= 0.6 is 11.3 Å². The number of rotatable bonds is 1. The van der Waals surface area contributed by atoms with Crippen LogP contribution in [0.4, 0.5) is 0 Å². The van der Waals surface area contributed by atoms with Crippen molar-refractivity contribution < 1.29 is 0 Å². The van der Waals surface area contributed by atoms with Gasteiger partial charge in [-0.3, -0.25) is 4.79 Å². The molecule has 0 atom stereocenters. The number of thiazole rings is 1. The Labute approximate surface area is 99.0 Å². The van der Waals surface area contributed by atoms with Crippen LogP contribution in [-0.2, 0) is 0 Å². The quantitative estimate of drug-likeness (QED) is 0.805. The van der Waals surface area contributed by atoms with E-state index in [2.05, 4.69) is 38.7 Å². The highest BCUT2D eigenvalue weighted by molar-refractivity contribution is 7.07. The lowest BCUT2D eigenvalue weighted by Gasteiger charge is -2.13. The highest BCUT2D eigenvalue weighted by atomic mass is 32.1. The first-order chi connectivity index (χ1) is 7.50. The molecule has 0 aliphatic carbocycles. The van der Waals surface area contributed by atoms with Crippen molar-refractivity contribution >= 4 is 11.3 Å². The standard InChI is InChI=1S/C13H15NOS/c1-7-5-8(2)10(4)12(9(7)3)11-6-16-13(15)14-11/h5-6H,1-4H3,(H,14,15). The maximum Gasteiger partial charge on any atom is 0.304 e. The SMILES string of the molecule is Cc1cc(C)c(C)c(-c2csc(=O)[nH]2)c1C. The molecule has 1 N–H and O–H groups in total. The van der Waals surface area contributed by atoms with Gasteiger partial charge in [-0.1, -0.05) is 17.4 Å². The van der Waals surface area contributed by atoms with E-state index in [9.17, 15) is 4.79 Å². The molecule has 3 heteroatoms. The van der Waals surface area contributed by atoms with Crippen LogP contribution in [0, 0.1) is 27.7 Å². The maximum absolute atomic E-state index is 11.2. The lowest BCUT2D eigenvalue weighted by atomic mass is 9.93. The zero-order chi connectivity index (χ0) is 11.9. The summed E-state index contributed by atoms with van der Waals surface area (Å²) in [4.78, 5) is 14.1. The molecule has 0 saturated carbocycles. The van der Waals surface area contributed by atoms with E-state index in [1.54, 1.807) is 0 Å². The molecule has 84 valence electrons. The van der Waals surface area contributed by atoms with E-state index in [0.717, 1.165) is 5.69 Å². The number of aryl methyl sites for hydroxylation is 2. The molecule has 16 heavy (non-hydrogen) atoms. The summed E-state index contributed by atoms with van der Waals surface area (Å²) in [5.41, 5.74) is 7.15. The smallest absolute Gasteiger partial charge is 0.304 e. The van der Waals surface area contributed by atoms with E-state index in [-0.39, 0.29) is 4.87 Å². The predicted octanol–water partition coefficient (Wildman–Crippen LogP) is 3.34. The molecule has 0 spiro atoms. The van der Waals surface area contributed by atoms with E-state index in [4.69, 9.17) is 0 Å². The maximum atomic E-state index is 11.2. The highest BCUT2D eigenvalue weighted by Crippen LogP contribution is 2.30. The van der Waals surface area contributed by atoms with Crippen molar-refractivity contribution in [2.75, 3.05) is 0 Å². The third-order valence-electron chi connectivity index (χ3n) is 3.16. The molecule has 0 unspecified atom stereocenters. The second-order valence-electron chi connectivity index (χ2n) is 4.20. The van der Waals surface area contributed by atoms with Crippen LogP contribution in [0.1, 0.15) is 22.3 Å². The Morgan fingerprint density at radius 3 is 2.06 bits per heavy atom. The molecule has 2 aromatic rings. The van der Waals surface area contributed by atoms with Crippen molar-refractivity contribution in [1.29, 1.82) is 0 Å². The largest absolute Gasteiger partial charge is 0.312 e. The van der Waals surface area contributed by atoms with Crippen LogP contribution in [0.2, 0.25) is 0 Å². The van der Waals surface area contributed by atoms with Crippen molar-refractivity contribution in [2.45, 2.75) is 27.7 Å². The molecule has 1 heterocycles. The topological polar surface area (TPSA) is 32.9 Å². The first-order valence-corrected chi connectivity index (χ1v) is 6.14. The molecule has 0 radical (unpaired) electrons. The van der Waals surface area contributed by atoms with Gasteiger partial charge < -0.3 is 4.98 Å². The average molecular weight is 233 g/mol. The van der Waals surface area contributed by atoms with Crippen LogP contribution in [0.5, 0.6) is 0 Å². The first-order valence-electron chi connectivity index (χ1n) is 5.26. The van der Waals surface area contributed by atoms with Crippen molar-refractivity contribution in [2.24, 2.45) is 0 Å². The summed E-state index contributed by atoms with van der Waals surface area (Å²) >= 11 is 1.22. The van der Waals surface area contributed by atoms with Gasteiger partial charge in [-0.05, 0) is 49.9 Å². The fraction of sp³-hybridized carbons (Fsp3) is 0.308. The van der Waals surface area contributed by atoms with E-state index in [0.29, 0.717) is 0 Å². The molecule has 0 aliphatic heterocycles. The molecule has 0 amide bonds. The Morgan fingerprint density at radius 2 is 1.62 bits per heavy atom. The molecule has 1 aromatic carbocycles. The Balaban J connectivity index is 2.78. The normalized spacial score (nSPS) is 10.8. The van der Waals surface area contributed by atoms with Gasteiger partial charge in [0, 0.05) is 10.9 Å². The van der Waals surface area contributed by atoms with E-state index in [1.165, 1.54) is 39.2 Å². The molecular weight excluding hydrogens is 218 g/mol. The highest BCUT2D eigenvalue weighted by Gasteiger charge is 2.11. The van der Waals surface area contributed by atoms with Gasteiger partial charge in [0.25, 0.3) is 0 Å². The van der Waals surface area contributed by atoms with Crippen molar-refractivity contribution in [3.63, 3.8) is 0 Å². The lowest BCUT2D eigenvalue weighted by molar-refractivity contribution is 1.22. The molecule has 2 nitrogen and oxygen atoms in total. The third-order valence-corrected chi connectivity index (χ3v) is 3.83. The Kier molecular flexibility index (Phi) is 2.72. The number of hydrogen-bond acceptors (Lipinski definition) is 2. The second kappa shape index (κ2) is 3.91. The molecule has 0 aliphatic rings. The van der Waals surface area contributed by atoms with Gasteiger partial charge in [0.15, 0.2) is 0 Å². The van der Waals surface area contributed by atoms with Crippen molar-refractivity contribution in [3.05, 3.63) is 43.4 Å². The van der Waals surface area contributed by atoms with Crippen molar-refractivity contribution in [3.8, 4) is 11.3 Å². The monoisotopic (exact) mass is 233 g/mol. The third kappa shape index (κ3) is 1.71. The number of hydrogen-bond donors (Lipinski definition) is 1. The van der Waals surface area contributed by atoms with Crippen molar-refractivity contribution in [1.82, 2.24) is 4.98 Å². The minimum absolute atomic E-state index is 0.00737. The zero-order valence-electron chi connectivity index (χ0n) is 9.97. The Morgan fingerprint density at radius 1 is 1.06 bits per heavy atom. The zero-order valence-corrected chi connectivity index (χ0v) is 10.8. The predicted molar refractivity (Wildman–Crippen MR) is 69.3 cm³/mol. The summed E-state index contributed by atoms with van der Waals surface area (Å²) in [5, 5.41) is 1.90. The van der Waals surface area contributed by atoms with Gasteiger partial charge in [0.1, 0.15) is 0 Å². The van der Waals surface area contributed by atoms with E-state index in [1.807, 2.05) is 5.38 Å². The molecule has 0 fully saturated rings. The van der Waals surface area contributed by atoms with Crippen LogP contribution < -0.4 is 4.87 Å². The van der Waals surface area contributed by atoms with Gasteiger partial charge in [-0.2, -0.15) is 0 Å². The summed E-state index contributed by atoms with van der Waals surface area (Å²) in [6, 6.07) is 2.19. The Hall–Kier alpha value is -1.35. The van der Waals surface area contributed by atoms with E-state index >= 15 is 0 Å². The van der Waals surface area contributed by atoms with Crippen LogP contribution in [0.25, 0.3) is 11.3 Å². The Bertz CT molecular complexity index is 566. The summed E-state index contributed by atoms with van der Waals surface area (Å²) < 4.78 is 0. The minimum atomic E-state index is 0.00737. The fourth-order valence-electron chi connectivity index (χ4n) is 2.02. The van der Waals surface area contributed by atoms with Gasteiger partial charge in [-0.25, -0.2) is 0 Å². The van der Waals surface area contributed by atoms with Crippen LogP contribution in [-0.4, -0.2) is 4.98 Å². The molecule has 2 rings (SSSR count). The van der Waals surface area contributed by atoms with Gasteiger partial charge in [0.05, 0.1) is 5.69 Å². The number of H-pyrrole nitrogens is 1. The minimum Gasteiger partial charge on any atom is -0.312 e. The van der Waals surface area contributed by atoms with Crippen LogP contribution in [0.3, 0.4) is 0 Å². The summed E-state index contributed by atoms with van der Waals surface area (Å²) in [6.45, 7) is 8.42. The molecular formula is C13H15NOS. The van der Waals surface area contributed by atoms with E-state index < -0.39 is 0 Å². The summed E-state index contributed by atoms with van der Waals surface area (Å²) in [5.74, 6) is 0. The average Bonchev–Trinajstić information content (AvgIpc) is 2.62. The fourth-order valence-corrected chi connectivity index (χ4v) is 2.59. The van der Waals surface area contributed by atoms with Gasteiger partial charge in [-0.15, -0.1) is 0 Å². The van der Waals surface area contributed by atoms with Crippen LogP contribution in [0.15, 0.2) is 16.2 Å². The molecule has 0 bridgehead atoms. The number of aromatic nitrogens is 1. The second-order valence-corrected chi connectivity index (χ2v) is 5.04. The van der Waals surface area contributed by atoms with Gasteiger partial charge in [0.2, 0.25) is 0 Å². The number of benzene rings is 1. The number of aromatic amines is 1. The van der Waals surface area contributed by atoms with Gasteiger partial charge >= 0.3 is 4.87 Å². The summed E-state index contributed by atoms with van der Waals surface area (Å²) in [6.07, 6.45) is 0. The number of nitrogens with one attached hydrogen (secondary N) is 1. The molecule has 1 aromatic heterocycles. The first kappa shape index (κ1) is 11.1. The summed E-state index contributed by atoms with van der Waals surface area (Å²) in [7, 11) is 0. The molecule has 0 saturated heterocycles. The lowest BCUT2D eigenvalue weighted by Crippen LogP contribution is -1.98.